The highest BCUT2D eigenvalue weighted by Gasteiger charge is 2.14. The minimum absolute atomic E-state index is 0.151. The molecule has 1 N–H and O–H groups in total. The summed E-state index contributed by atoms with van der Waals surface area (Å²) in [5.74, 6) is -0.458. The molecule has 1 aliphatic heterocycles. The summed E-state index contributed by atoms with van der Waals surface area (Å²) in [6, 6.07) is 6.44. The molecular weight excluding hydrogens is 329 g/mol. The third kappa shape index (κ3) is 4.83. The Hall–Kier alpha value is -1.83. The number of nitrogens with one attached hydrogen (secondary N) is 1. The monoisotopic (exact) mass is 349 g/mol. The standard InChI is InChI=1S/C17H20FN3O2S/c18-15-4-2-1-3-13(15)10-19-16(22)9-14-12-24-17(20-14)11-21-5-7-23-8-6-21/h1-4,12H,5-11H2,(H,19,22). The van der Waals surface area contributed by atoms with Crippen molar-refractivity contribution in [3.8, 4) is 0 Å². The largest absolute Gasteiger partial charge is 0.379 e. The number of morpholine rings is 1. The zero-order valence-electron chi connectivity index (χ0n) is 13.3. The van der Waals surface area contributed by atoms with Crippen molar-refractivity contribution in [1.29, 1.82) is 0 Å². The zero-order valence-corrected chi connectivity index (χ0v) is 14.2. The summed E-state index contributed by atoms with van der Waals surface area (Å²) in [6.45, 7) is 4.34. The molecule has 0 spiro atoms. The number of halogens is 1. The van der Waals surface area contributed by atoms with E-state index in [1.54, 1.807) is 29.5 Å². The summed E-state index contributed by atoms with van der Waals surface area (Å²) in [5.41, 5.74) is 1.24. The van der Waals surface area contributed by atoms with Crippen LogP contribution in [0, 0.1) is 5.82 Å². The van der Waals surface area contributed by atoms with Crippen molar-refractivity contribution < 1.29 is 13.9 Å². The van der Waals surface area contributed by atoms with Crippen LogP contribution in [-0.4, -0.2) is 42.1 Å². The molecule has 1 aliphatic rings. The van der Waals surface area contributed by atoms with Crippen LogP contribution in [0.2, 0.25) is 0 Å². The molecule has 0 atom stereocenters. The molecule has 1 fully saturated rings. The van der Waals surface area contributed by atoms with Crippen LogP contribution in [0.3, 0.4) is 0 Å². The van der Waals surface area contributed by atoms with E-state index in [-0.39, 0.29) is 24.7 Å². The quantitative estimate of drug-likeness (QED) is 0.866. The summed E-state index contributed by atoms with van der Waals surface area (Å²) >= 11 is 1.57. The number of aromatic nitrogens is 1. The maximum absolute atomic E-state index is 13.5. The Morgan fingerprint density at radius 2 is 2.12 bits per heavy atom. The highest BCUT2D eigenvalue weighted by atomic mass is 32.1. The first-order valence-corrected chi connectivity index (χ1v) is 8.82. The first kappa shape index (κ1) is 17.0. The lowest BCUT2D eigenvalue weighted by Gasteiger charge is -2.25. The summed E-state index contributed by atoms with van der Waals surface area (Å²) < 4.78 is 18.8. The van der Waals surface area contributed by atoms with Gasteiger partial charge in [-0.15, -0.1) is 11.3 Å². The van der Waals surface area contributed by atoms with Gasteiger partial charge in [0.15, 0.2) is 0 Å². The number of benzene rings is 1. The molecule has 0 aliphatic carbocycles. The van der Waals surface area contributed by atoms with Crippen LogP contribution in [0.5, 0.6) is 0 Å². The van der Waals surface area contributed by atoms with E-state index < -0.39 is 0 Å². The van der Waals surface area contributed by atoms with Crippen molar-refractivity contribution in [2.75, 3.05) is 26.3 Å². The topological polar surface area (TPSA) is 54.5 Å². The van der Waals surface area contributed by atoms with Crippen molar-refractivity contribution in [3.05, 3.63) is 51.7 Å². The number of carbonyl (C=O) groups is 1. The molecule has 0 bridgehead atoms. The van der Waals surface area contributed by atoms with Crippen LogP contribution in [0.15, 0.2) is 29.6 Å². The molecule has 0 saturated carbocycles. The number of thiazole rings is 1. The number of rotatable bonds is 6. The molecule has 1 amide bonds. The van der Waals surface area contributed by atoms with E-state index in [4.69, 9.17) is 4.74 Å². The predicted molar refractivity (Wildman–Crippen MR) is 90.2 cm³/mol. The number of amides is 1. The first-order chi connectivity index (χ1) is 11.7. The Bertz CT molecular complexity index is 686. The van der Waals surface area contributed by atoms with E-state index in [9.17, 15) is 9.18 Å². The lowest BCUT2D eigenvalue weighted by molar-refractivity contribution is -0.120. The van der Waals surface area contributed by atoms with Gasteiger partial charge in [0.2, 0.25) is 5.91 Å². The second-order valence-corrected chi connectivity index (χ2v) is 6.61. The summed E-state index contributed by atoms with van der Waals surface area (Å²) in [5, 5.41) is 5.66. The van der Waals surface area contributed by atoms with E-state index >= 15 is 0 Å². The van der Waals surface area contributed by atoms with E-state index in [1.807, 2.05) is 5.38 Å². The number of nitrogens with zero attached hydrogens (tertiary/aromatic N) is 2. The molecule has 5 nitrogen and oxygen atoms in total. The van der Waals surface area contributed by atoms with Gasteiger partial charge in [0.05, 0.1) is 31.9 Å². The van der Waals surface area contributed by atoms with Gasteiger partial charge in [0.25, 0.3) is 0 Å². The van der Waals surface area contributed by atoms with Gasteiger partial charge in [0.1, 0.15) is 10.8 Å². The molecule has 24 heavy (non-hydrogen) atoms. The number of carbonyl (C=O) groups excluding carboxylic acids is 1. The van der Waals surface area contributed by atoms with Crippen LogP contribution < -0.4 is 5.32 Å². The third-order valence-electron chi connectivity index (χ3n) is 3.84. The molecule has 0 unspecified atom stereocenters. The van der Waals surface area contributed by atoms with Gasteiger partial charge in [0, 0.05) is 30.6 Å². The fourth-order valence-electron chi connectivity index (χ4n) is 2.52. The normalized spacial score (nSPS) is 15.4. The Morgan fingerprint density at radius 1 is 1.33 bits per heavy atom. The molecule has 1 aromatic heterocycles. The van der Waals surface area contributed by atoms with Crippen molar-refractivity contribution in [1.82, 2.24) is 15.2 Å². The van der Waals surface area contributed by atoms with E-state index in [2.05, 4.69) is 15.2 Å². The Labute approximate surface area is 144 Å². The molecule has 2 heterocycles. The minimum atomic E-state index is -0.306. The van der Waals surface area contributed by atoms with Crippen molar-refractivity contribution >= 4 is 17.2 Å². The summed E-state index contributed by atoms with van der Waals surface area (Å²) in [4.78, 5) is 18.8. The number of hydrogen-bond donors (Lipinski definition) is 1. The van der Waals surface area contributed by atoms with Crippen LogP contribution in [0.4, 0.5) is 4.39 Å². The number of hydrogen-bond acceptors (Lipinski definition) is 5. The molecule has 3 rings (SSSR count). The molecule has 128 valence electrons. The van der Waals surface area contributed by atoms with Gasteiger partial charge < -0.3 is 10.1 Å². The minimum Gasteiger partial charge on any atom is -0.379 e. The van der Waals surface area contributed by atoms with Gasteiger partial charge in [-0.25, -0.2) is 9.37 Å². The highest BCUT2D eigenvalue weighted by Crippen LogP contribution is 2.14. The van der Waals surface area contributed by atoms with Crippen LogP contribution in [0.25, 0.3) is 0 Å². The van der Waals surface area contributed by atoms with E-state index in [1.165, 1.54) is 6.07 Å². The second kappa shape index (κ2) is 8.32. The lowest BCUT2D eigenvalue weighted by Crippen LogP contribution is -2.35. The average molecular weight is 349 g/mol. The Balaban J connectivity index is 1.47. The highest BCUT2D eigenvalue weighted by molar-refractivity contribution is 7.09. The van der Waals surface area contributed by atoms with E-state index in [0.29, 0.717) is 5.56 Å². The van der Waals surface area contributed by atoms with E-state index in [0.717, 1.165) is 43.5 Å². The van der Waals surface area contributed by atoms with Crippen molar-refractivity contribution in [2.45, 2.75) is 19.5 Å². The molecule has 0 radical (unpaired) electrons. The Morgan fingerprint density at radius 3 is 2.92 bits per heavy atom. The molecule has 2 aromatic rings. The predicted octanol–water partition coefficient (Wildman–Crippen LogP) is 1.97. The third-order valence-corrected chi connectivity index (χ3v) is 4.72. The molecule has 1 saturated heterocycles. The van der Waals surface area contributed by atoms with Gasteiger partial charge in [-0.05, 0) is 6.07 Å². The second-order valence-electron chi connectivity index (χ2n) is 5.67. The fourth-order valence-corrected chi connectivity index (χ4v) is 3.35. The smallest absolute Gasteiger partial charge is 0.226 e. The van der Waals surface area contributed by atoms with Crippen LogP contribution >= 0.6 is 11.3 Å². The zero-order chi connectivity index (χ0) is 16.8. The summed E-state index contributed by atoms with van der Waals surface area (Å²) in [7, 11) is 0. The molecule has 7 heteroatoms. The van der Waals surface area contributed by atoms with Gasteiger partial charge in [-0.2, -0.15) is 0 Å². The van der Waals surface area contributed by atoms with Gasteiger partial charge >= 0.3 is 0 Å². The maximum atomic E-state index is 13.5. The number of ether oxygens (including phenoxy) is 1. The van der Waals surface area contributed by atoms with Crippen molar-refractivity contribution in [2.24, 2.45) is 0 Å². The van der Waals surface area contributed by atoms with Crippen molar-refractivity contribution in [3.63, 3.8) is 0 Å². The first-order valence-electron chi connectivity index (χ1n) is 7.94. The molecule has 1 aromatic carbocycles. The Kier molecular flexibility index (Phi) is 5.90. The fraction of sp³-hybridized carbons (Fsp3) is 0.412. The average Bonchev–Trinajstić information content (AvgIpc) is 3.02. The molecular formula is C17H20FN3O2S. The van der Waals surface area contributed by atoms with Gasteiger partial charge in [-0.3, -0.25) is 9.69 Å². The van der Waals surface area contributed by atoms with Gasteiger partial charge in [-0.1, -0.05) is 18.2 Å². The van der Waals surface area contributed by atoms with Crippen LogP contribution in [0.1, 0.15) is 16.3 Å². The van der Waals surface area contributed by atoms with Crippen LogP contribution in [-0.2, 0) is 29.0 Å². The lowest BCUT2D eigenvalue weighted by atomic mass is 10.2. The maximum Gasteiger partial charge on any atom is 0.226 e. The SMILES string of the molecule is O=C(Cc1csc(CN2CCOCC2)n1)NCc1ccccc1F. The summed E-state index contributed by atoms with van der Waals surface area (Å²) in [6.07, 6.45) is 0.216.